The van der Waals surface area contributed by atoms with Gasteiger partial charge >= 0.3 is 5.76 Å². The first-order valence-electron chi connectivity index (χ1n) is 6.89. The third-order valence-corrected chi connectivity index (χ3v) is 3.79. The van der Waals surface area contributed by atoms with Crippen molar-refractivity contribution < 1.29 is 14.0 Å². The summed E-state index contributed by atoms with van der Waals surface area (Å²) in [6.07, 6.45) is 0. The van der Waals surface area contributed by atoms with Crippen LogP contribution in [0.25, 0.3) is 11.1 Å². The second kappa shape index (κ2) is 5.85. The van der Waals surface area contributed by atoms with E-state index in [2.05, 4.69) is 0 Å². The van der Waals surface area contributed by atoms with Crippen molar-refractivity contribution in [3.05, 3.63) is 69.2 Å². The van der Waals surface area contributed by atoms with Crippen molar-refractivity contribution in [3.63, 3.8) is 0 Å². The van der Waals surface area contributed by atoms with E-state index in [1.807, 2.05) is 0 Å². The number of nitrogens with zero attached hydrogens (tertiary/aromatic N) is 1. The molecular weight excluding hydrogens is 318 g/mol. The van der Waals surface area contributed by atoms with Crippen LogP contribution in [0.4, 0.5) is 0 Å². The van der Waals surface area contributed by atoms with E-state index < -0.39 is 5.76 Å². The molecule has 0 aliphatic heterocycles. The number of rotatable bonds is 4. The molecule has 0 N–H and O–H groups in total. The average Bonchev–Trinajstić information content (AvgIpc) is 2.83. The van der Waals surface area contributed by atoms with E-state index in [1.54, 1.807) is 36.4 Å². The van der Waals surface area contributed by atoms with Crippen LogP contribution in [-0.4, -0.2) is 16.1 Å². The molecule has 0 fully saturated rings. The van der Waals surface area contributed by atoms with Crippen molar-refractivity contribution in [3.8, 4) is 0 Å². The molecule has 0 unspecified atom stereocenters. The number of carbonyl (C=O) groups excluding carboxylic acids is 2. The second-order valence-corrected chi connectivity index (χ2v) is 5.56. The number of oxazole rings is 1. The number of aromatic nitrogens is 1. The lowest BCUT2D eigenvalue weighted by molar-refractivity contribution is 0.0969. The van der Waals surface area contributed by atoms with Gasteiger partial charge in [0, 0.05) is 16.1 Å². The van der Waals surface area contributed by atoms with Gasteiger partial charge in [0.05, 0.1) is 12.1 Å². The molecule has 23 heavy (non-hydrogen) atoms. The van der Waals surface area contributed by atoms with Crippen LogP contribution in [0.5, 0.6) is 0 Å². The van der Waals surface area contributed by atoms with Crippen LogP contribution in [0.15, 0.2) is 51.7 Å². The van der Waals surface area contributed by atoms with E-state index in [0.717, 1.165) is 0 Å². The summed E-state index contributed by atoms with van der Waals surface area (Å²) in [7, 11) is 0. The standard InChI is InChI=1S/C17H12ClNO4/c1-10(20)12-4-7-14-16(8-12)23-17(22)19(14)9-15(21)11-2-5-13(18)6-3-11/h2-8H,9H2,1H3. The number of Topliss-reactive ketones (excluding diaryl/α,β-unsaturated/α-hetero) is 2. The lowest BCUT2D eigenvalue weighted by Crippen LogP contribution is -2.20. The minimum absolute atomic E-state index is 0.125. The molecule has 2 aromatic carbocycles. The van der Waals surface area contributed by atoms with Gasteiger partial charge in [-0.15, -0.1) is 0 Å². The largest absolute Gasteiger partial charge is 0.420 e. The number of halogens is 1. The molecular formula is C17H12ClNO4. The highest BCUT2D eigenvalue weighted by molar-refractivity contribution is 6.30. The first-order valence-corrected chi connectivity index (χ1v) is 7.26. The van der Waals surface area contributed by atoms with Crippen molar-refractivity contribution in [1.82, 2.24) is 4.57 Å². The van der Waals surface area contributed by atoms with Crippen LogP contribution in [0.2, 0.25) is 5.02 Å². The lowest BCUT2D eigenvalue weighted by atomic mass is 10.1. The van der Waals surface area contributed by atoms with Gasteiger partial charge in [0.1, 0.15) is 0 Å². The maximum atomic E-state index is 12.3. The molecule has 0 amide bonds. The Kier molecular flexibility index (Phi) is 3.88. The molecule has 0 atom stereocenters. The predicted octanol–water partition coefficient (Wildman–Crippen LogP) is 3.33. The first kappa shape index (κ1) is 15.2. The summed E-state index contributed by atoms with van der Waals surface area (Å²) in [6.45, 7) is 1.28. The Balaban J connectivity index is 1.98. The molecule has 116 valence electrons. The molecule has 0 spiro atoms. The molecule has 5 nitrogen and oxygen atoms in total. The zero-order valence-electron chi connectivity index (χ0n) is 12.2. The summed E-state index contributed by atoms with van der Waals surface area (Å²) in [4.78, 5) is 35.7. The minimum Gasteiger partial charge on any atom is -0.408 e. The van der Waals surface area contributed by atoms with Gasteiger partial charge in [0.15, 0.2) is 17.1 Å². The molecule has 0 radical (unpaired) electrons. The number of ketones is 2. The maximum absolute atomic E-state index is 12.3. The van der Waals surface area contributed by atoms with Gasteiger partial charge in [-0.3, -0.25) is 14.2 Å². The number of fused-ring (bicyclic) bond motifs is 1. The van der Waals surface area contributed by atoms with Gasteiger partial charge in [0.25, 0.3) is 0 Å². The Bertz CT molecular complexity index is 966. The van der Waals surface area contributed by atoms with E-state index in [0.29, 0.717) is 21.7 Å². The molecule has 1 heterocycles. The van der Waals surface area contributed by atoms with Gasteiger partial charge in [-0.05, 0) is 49.4 Å². The summed E-state index contributed by atoms with van der Waals surface area (Å²) in [6, 6.07) is 11.1. The van der Waals surface area contributed by atoms with Crippen LogP contribution in [0.1, 0.15) is 27.6 Å². The fourth-order valence-corrected chi connectivity index (χ4v) is 2.43. The molecule has 0 saturated carbocycles. The van der Waals surface area contributed by atoms with Gasteiger partial charge < -0.3 is 4.42 Å². The second-order valence-electron chi connectivity index (χ2n) is 5.12. The zero-order chi connectivity index (χ0) is 16.6. The van der Waals surface area contributed by atoms with Gasteiger partial charge in [0.2, 0.25) is 0 Å². The third kappa shape index (κ3) is 2.96. The third-order valence-electron chi connectivity index (χ3n) is 3.54. The highest BCUT2D eigenvalue weighted by Gasteiger charge is 2.15. The van der Waals surface area contributed by atoms with Crippen molar-refractivity contribution in [2.24, 2.45) is 0 Å². The van der Waals surface area contributed by atoms with E-state index in [-0.39, 0.29) is 23.7 Å². The number of hydrogen-bond donors (Lipinski definition) is 0. The normalized spacial score (nSPS) is 10.9. The number of carbonyl (C=O) groups is 2. The Morgan fingerprint density at radius 1 is 1.09 bits per heavy atom. The monoisotopic (exact) mass is 329 g/mol. The molecule has 0 bridgehead atoms. The van der Waals surface area contributed by atoms with E-state index >= 15 is 0 Å². The van der Waals surface area contributed by atoms with Crippen LogP contribution in [0.3, 0.4) is 0 Å². The number of benzene rings is 2. The highest BCUT2D eigenvalue weighted by Crippen LogP contribution is 2.17. The van der Waals surface area contributed by atoms with Gasteiger partial charge in [-0.1, -0.05) is 11.6 Å². The van der Waals surface area contributed by atoms with E-state index in [4.69, 9.17) is 16.0 Å². The molecule has 3 aromatic rings. The Hall–Kier alpha value is -2.66. The van der Waals surface area contributed by atoms with Crippen LogP contribution in [-0.2, 0) is 6.54 Å². The van der Waals surface area contributed by atoms with Crippen molar-refractivity contribution in [2.45, 2.75) is 13.5 Å². The van der Waals surface area contributed by atoms with E-state index in [9.17, 15) is 14.4 Å². The molecule has 6 heteroatoms. The molecule has 0 aliphatic carbocycles. The summed E-state index contributed by atoms with van der Waals surface area (Å²) in [5, 5.41) is 0.532. The van der Waals surface area contributed by atoms with Crippen LogP contribution in [0, 0.1) is 0 Å². The highest BCUT2D eigenvalue weighted by atomic mass is 35.5. The fraction of sp³-hybridized carbons (Fsp3) is 0.118. The number of hydrogen-bond acceptors (Lipinski definition) is 4. The van der Waals surface area contributed by atoms with Crippen molar-refractivity contribution >= 4 is 34.3 Å². The summed E-state index contributed by atoms with van der Waals surface area (Å²) >= 11 is 5.79. The van der Waals surface area contributed by atoms with Crippen LogP contribution < -0.4 is 5.76 Å². The molecule has 1 aromatic heterocycles. The summed E-state index contributed by atoms with van der Waals surface area (Å²) in [5.74, 6) is -0.996. The fourth-order valence-electron chi connectivity index (χ4n) is 2.31. The summed E-state index contributed by atoms with van der Waals surface area (Å²) in [5.41, 5.74) is 1.66. The minimum atomic E-state index is -0.636. The Labute approximate surface area is 136 Å². The van der Waals surface area contributed by atoms with Crippen molar-refractivity contribution in [2.75, 3.05) is 0 Å². The Morgan fingerprint density at radius 3 is 2.39 bits per heavy atom. The maximum Gasteiger partial charge on any atom is 0.420 e. The lowest BCUT2D eigenvalue weighted by Gasteiger charge is -2.03. The molecule has 0 aliphatic rings. The van der Waals surface area contributed by atoms with E-state index in [1.165, 1.54) is 17.6 Å². The van der Waals surface area contributed by atoms with Gasteiger partial charge in [-0.25, -0.2) is 4.79 Å². The SMILES string of the molecule is CC(=O)c1ccc2c(c1)oc(=O)n2CC(=O)c1ccc(Cl)cc1. The topological polar surface area (TPSA) is 69.3 Å². The first-order chi connectivity index (χ1) is 11.0. The van der Waals surface area contributed by atoms with Crippen LogP contribution >= 0.6 is 11.6 Å². The Morgan fingerprint density at radius 2 is 1.74 bits per heavy atom. The van der Waals surface area contributed by atoms with Crippen molar-refractivity contribution in [1.29, 1.82) is 0 Å². The predicted molar refractivity (Wildman–Crippen MR) is 86.3 cm³/mol. The van der Waals surface area contributed by atoms with Gasteiger partial charge in [-0.2, -0.15) is 0 Å². The molecule has 0 saturated heterocycles. The summed E-state index contributed by atoms with van der Waals surface area (Å²) < 4.78 is 6.37. The quantitative estimate of drug-likeness (QED) is 0.688. The average molecular weight is 330 g/mol. The zero-order valence-corrected chi connectivity index (χ0v) is 13.0. The smallest absolute Gasteiger partial charge is 0.408 e. The molecule has 3 rings (SSSR count).